The Hall–Kier alpha value is -3.73. The lowest BCUT2D eigenvalue weighted by atomic mass is 10.1. The number of hydrogen-bond acceptors (Lipinski definition) is 6. The lowest BCUT2D eigenvalue weighted by molar-refractivity contribution is -0.128. The fraction of sp³-hybridized carbons (Fsp3) is 0.238. The number of halogens is 1. The number of carbonyl (C=O) groups is 1. The standard InChI is InChI=1S/C21H18FN5O2/c1-29-19-8-15-18(9-16(19)22)24-12-25-20(15)26-17-6-7-27(21(17)28)11-14-4-2-13(10-23)3-5-14/h2-5,8-9,12,17H,6-7,11H2,1H3,(H,24,25,26). The summed E-state index contributed by atoms with van der Waals surface area (Å²) in [6, 6.07) is 11.7. The van der Waals surface area contributed by atoms with Crippen LogP contribution in [0.15, 0.2) is 42.7 Å². The molecule has 0 aliphatic carbocycles. The fourth-order valence-corrected chi connectivity index (χ4v) is 3.43. The first-order chi connectivity index (χ1) is 14.1. The topological polar surface area (TPSA) is 91.1 Å². The molecule has 0 saturated carbocycles. The largest absolute Gasteiger partial charge is 0.494 e. The number of benzene rings is 2. The monoisotopic (exact) mass is 391 g/mol. The molecule has 29 heavy (non-hydrogen) atoms. The Balaban J connectivity index is 1.52. The molecule has 2 heterocycles. The maximum atomic E-state index is 13.9. The Morgan fingerprint density at radius 1 is 1.31 bits per heavy atom. The molecule has 1 aliphatic rings. The van der Waals surface area contributed by atoms with Gasteiger partial charge in [-0.15, -0.1) is 0 Å². The second-order valence-electron chi connectivity index (χ2n) is 6.78. The summed E-state index contributed by atoms with van der Waals surface area (Å²) in [6.07, 6.45) is 1.96. The van der Waals surface area contributed by atoms with Crippen LogP contribution in [0.25, 0.3) is 10.9 Å². The normalized spacial score (nSPS) is 16.1. The minimum atomic E-state index is -0.504. The highest BCUT2D eigenvalue weighted by molar-refractivity contribution is 5.93. The molecule has 1 atom stereocenters. The van der Waals surface area contributed by atoms with Crippen LogP contribution in [-0.4, -0.2) is 40.5 Å². The first-order valence-electron chi connectivity index (χ1n) is 9.11. The number of carbonyl (C=O) groups excluding carboxylic acids is 1. The van der Waals surface area contributed by atoms with Gasteiger partial charge < -0.3 is 15.0 Å². The highest BCUT2D eigenvalue weighted by Gasteiger charge is 2.32. The van der Waals surface area contributed by atoms with Gasteiger partial charge in [0.25, 0.3) is 0 Å². The van der Waals surface area contributed by atoms with Crippen molar-refractivity contribution in [1.29, 1.82) is 5.26 Å². The molecule has 3 aromatic rings. The second-order valence-corrected chi connectivity index (χ2v) is 6.78. The van der Waals surface area contributed by atoms with E-state index in [0.717, 1.165) is 5.56 Å². The van der Waals surface area contributed by atoms with Crippen molar-refractivity contribution in [3.63, 3.8) is 0 Å². The maximum absolute atomic E-state index is 13.9. The third-order valence-corrected chi connectivity index (χ3v) is 4.97. The Kier molecular flexibility index (Phi) is 4.96. The van der Waals surface area contributed by atoms with Crippen molar-refractivity contribution in [2.45, 2.75) is 19.0 Å². The van der Waals surface area contributed by atoms with Crippen molar-refractivity contribution < 1.29 is 13.9 Å². The van der Waals surface area contributed by atoms with E-state index in [1.54, 1.807) is 17.0 Å². The average Bonchev–Trinajstić information content (AvgIpc) is 3.07. The molecule has 0 spiro atoms. The number of likely N-dealkylation sites (tertiary alicyclic amines) is 1. The number of nitriles is 1. The van der Waals surface area contributed by atoms with E-state index in [1.807, 2.05) is 12.1 Å². The zero-order valence-electron chi connectivity index (χ0n) is 15.7. The van der Waals surface area contributed by atoms with Crippen molar-refractivity contribution in [3.8, 4) is 11.8 Å². The summed E-state index contributed by atoms with van der Waals surface area (Å²) in [5, 5.41) is 12.7. The van der Waals surface area contributed by atoms with Gasteiger partial charge in [-0.3, -0.25) is 4.79 Å². The minimum absolute atomic E-state index is 0.0322. The van der Waals surface area contributed by atoms with Gasteiger partial charge in [0.1, 0.15) is 18.2 Å². The average molecular weight is 391 g/mol. The minimum Gasteiger partial charge on any atom is -0.494 e. The highest BCUT2D eigenvalue weighted by atomic mass is 19.1. The molecule has 1 aromatic heterocycles. The van der Waals surface area contributed by atoms with E-state index in [9.17, 15) is 9.18 Å². The van der Waals surface area contributed by atoms with Crippen molar-refractivity contribution in [2.24, 2.45) is 0 Å². The molecular weight excluding hydrogens is 373 g/mol. The van der Waals surface area contributed by atoms with E-state index < -0.39 is 11.9 Å². The highest BCUT2D eigenvalue weighted by Crippen LogP contribution is 2.28. The molecule has 1 aliphatic heterocycles. The molecular formula is C21H18FN5O2. The van der Waals surface area contributed by atoms with E-state index in [4.69, 9.17) is 10.00 Å². The molecule has 0 bridgehead atoms. The quantitative estimate of drug-likeness (QED) is 0.719. The van der Waals surface area contributed by atoms with E-state index in [1.165, 1.54) is 25.6 Å². The number of rotatable bonds is 5. The van der Waals surface area contributed by atoms with Crippen LogP contribution in [0.5, 0.6) is 5.75 Å². The summed E-state index contributed by atoms with van der Waals surface area (Å²) in [5.41, 5.74) is 1.98. The zero-order chi connectivity index (χ0) is 20.4. The number of anilines is 1. The second kappa shape index (κ2) is 7.72. The molecule has 7 nitrogen and oxygen atoms in total. The third kappa shape index (κ3) is 3.67. The summed E-state index contributed by atoms with van der Waals surface area (Å²) in [5.74, 6) is 0.0211. The SMILES string of the molecule is COc1cc2c(NC3CCN(Cc4ccc(C#N)cc4)C3=O)ncnc2cc1F. The van der Waals surface area contributed by atoms with E-state index in [2.05, 4.69) is 21.4 Å². The lowest BCUT2D eigenvalue weighted by Crippen LogP contribution is -2.33. The first kappa shape index (κ1) is 18.6. The van der Waals surface area contributed by atoms with Crippen LogP contribution in [-0.2, 0) is 11.3 Å². The first-order valence-corrected chi connectivity index (χ1v) is 9.11. The summed E-state index contributed by atoms with van der Waals surface area (Å²) < 4.78 is 19.0. The Labute approximate surface area is 166 Å². The van der Waals surface area contributed by atoms with Crippen molar-refractivity contribution in [1.82, 2.24) is 14.9 Å². The van der Waals surface area contributed by atoms with Crippen LogP contribution in [0.2, 0.25) is 0 Å². The molecule has 146 valence electrons. The van der Waals surface area contributed by atoms with Gasteiger partial charge in [-0.2, -0.15) is 5.26 Å². The van der Waals surface area contributed by atoms with Crippen LogP contribution in [0.1, 0.15) is 17.5 Å². The van der Waals surface area contributed by atoms with Gasteiger partial charge in [0, 0.05) is 24.5 Å². The van der Waals surface area contributed by atoms with Crippen LogP contribution in [0.4, 0.5) is 10.2 Å². The molecule has 1 fully saturated rings. The van der Waals surface area contributed by atoms with Gasteiger partial charge in [-0.1, -0.05) is 12.1 Å². The number of hydrogen-bond donors (Lipinski definition) is 1. The lowest BCUT2D eigenvalue weighted by Gasteiger charge is -2.18. The number of fused-ring (bicyclic) bond motifs is 1. The number of nitrogens with zero attached hydrogens (tertiary/aromatic N) is 4. The number of methoxy groups -OCH3 is 1. The third-order valence-electron chi connectivity index (χ3n) is 4.97. The number of aromatic nitrogens is 2. The Bertz CT molecular complexity index is 1110. The van der Waals surface area contributed by atoms with Crippen molar-refractivity contribution >= 4 is 22.6 Å². The van der Waals surface area contributed by atoms with Gasteiger partial charge in [0.15, 0.2) is 11.6 Å². The van der Waals surface area contributed by atoms with E-state index >= 15 is 0 Å². The van der Waals surface area contributed by atoms with Crippen LogP contribution >= 0.6 is 0 Å². The molecule has 1 N–H and O–H groups in total. The van der Waals surface area contributed by atoms with Crippen LogP contribution < -0.4 is 10.1 Å². The molecule has 1 saturated heterocycles. The maximum Gasteiger partial charge on any atom is 0.245 e. The summed E-state index contributed by atoms with van der Waals surface area (Å²) in [6.45, 7) is 1.09. The zero-order valence-corrected chi connectivity index (χ0v) is 15.7. The van der Waals surface area contributed by atoms with Gasteiger partial charge in [0.05, 0.1) is 24.3 Å². The van der Waals surface area contributed by atoms with Crippen molar-refractivity contribution in [3.05, 3.63) is 59.7 Å². The summed E-state index contributed by atoms with van der Waals surface area (Å²) in [7, 11) is 1.39. The number of amides is 1. The molecule has 1 unspecified atom stereocenters. The summed E-state index contributed by atoms with van der Waals surface area (Å²) >= 11 is 0. The van der Waals surface area contributed by atoms with Crippen LogP contribution in [0.3, 0.4) is 0 Å². The van der Waals surface area contributed by atoms with E-state index in [-0.39, 0.29) is 11.7 Å². The predicted molar refractivity (Wildman–Crippen MR) is 105 cm³/mol. The predicted octanol–water partition coefficient (Wildman–Crippen LogP) is 2.86. The number of nitrogens with one attached hydrogen (secondary N) is 1. The molecule has 2 aromatic carbocycles. The molecule has 0 radical (unpaired) electrons. The number of ether oxygens (including phenoxy) is 1. The van der Waals surface area contributed by atoms with E-state index in [0.29, 0.717) is 41.8 Å². The van der Waals surface area contributed by atoms with Gasteiger partial charge in [-0.05, 0) is 30.2 Å². The Morgan fingerprint density at radius 3 is 2.83 bits per heavy atom. The Morgan fingerprint density at radius 2 is 2.10 bits per heavy atom. The van der Waals surface area contributed by atoms with Crippen LogP contribution in [0, 0.1) is 17.1 Å². The van der Waals surface area contributed by atoms with Gasteiger partial charge >= 0.3 is 0 Å². The molecule has 8 heteroatoms. The molecule has 1 amide bonds. The van der Waals surface area contributed by atoms with Gasteiger partial charge in [0.2, 0.25) is 5.91 Å². The smallest absolute Gasteiger partial charge is 0.245 e. The van der Waals surface area contributed by atoms with Gasteiger partial charge in [-0.25, -0.2) is 14.4 Å². The fourth-order valence-electron chi connectivity index (χ4n) is 3.43. The molecule has 4 rings (SSSR count). The summed E-state index contributed by atoms with van der Waals surface area (Å²) in [4.78, 5) is 22.9. The van der Waals surface area contributed by atoms with Crippen molar-refractivity contribution in [2.75, 3.05) is 19.0 Å².